The third-order valence-corrected chi connectivity index (χ3v) is 5.71. The highest BCUT2D eigenvalue weighted by Gasteiger charge is 2.48. The fourth-order valence-electron chi connectivity index (χ4n) is 4.03. The standard InChI is InChI=1S/C16H20Cl2FNO/c1-21-16(19)14-11(7-10-3-2-6-20-15(10)14)9-4-5-12(17)13(18)8-9/h4-5,8,10-11,14-16,20H,2-3,6-7H2,1H3/t10?,11-,14-,15?,16?/m1/s1. The van der Waals surface area contributed by atoms with Gasteiger partial charge in [0.05, 0.1) is 10.0 Å². The normalized spacial score (nSPS) is 33.7. The van der Waals surface area contributed by atoms with Gasteiger partial charge in [0.15, 0.2) is 0 Å². The molecule has 2 aliphatic rings. The predicted octanol–water partition coefficient (Wildman–Crippen LogP) is 4.41. The molecule has 0 spiro atoms. The monoisotopic (exact) mass is 331 g/mol. The van der Waals surface area contributed by atoms with Gasteiger partial charge in [-0.2, -0.15) is 0 Å². The number of fused-ring (bicyclic) bond motifs is 1. The molecule has 0 bridgehead atoms. The van der Waals surface area contributed by atoms with Crippen LogP contribution in [0.5, 0.6) is 0 Å². The van der Waals surface area contributed by atoms with Crippen molar-refractivity contribution in [3.8, 4) is 0 Å². The van der Waals surface area contributed by atoms with Crippen LogP contribution in [0, 0.1) is 11.8 Å². The van der Waals surface area contributed by atoms with Crippen molar-refractivity contribution in [1.82, 2.24) is 5.32 Å². The van der Waals surface area contributed by atoms with Crippen LogP contribution in [0.25, 0.3) is 0 Å². The van der Waals surface area contributed by atoms with E-state index in [-0.39, 0.29) is 17.9 Å². The zero-order valence-electron chi connectivity index (χ0n) is 12.0. The second-order valence-corrected chi connectivity index (χ2v) is 6.88. The van der Waals surface area contributed by atoms with Crippen LogP contribution in [0.1, 0.15) is 30.7 Å². The van der Waals surface area contributed by atoms with Crippen LogP contribution < -0.4 is 5.32 Å². The maximum atomic E-state index is 14.4. The number of methoxy groups -OCH3 is 1. The molecule has 1 saturated carbocycles. The lowest BCUT2D eigenvalue weighted by Crippen LogP contribution is -2.45. The van der Waals surface area contributed by atoms with Gasteiger partial charge in [-0.3, -0.25) is 0 Å². The van der Waals surface area contributed by atoms with E-state index in [4.69, 9.17) is 27.9 Å². The molecule has 1 aliphatic carbocycles. The number of rotatable bonds is 3. The van der Waals surface area contributed by atoms with Crippen LogP contribution >= 0.6 is 23.2 Å². The van der Waals surface area contributed by atoms with E-state index in [0.29, 0.717) is 16.0 Å². The van der Waals surface area contributed by atoms with Crippen molar-refractivity contribution in [2.75, 3.05) is 13.7 Å². The summed E-state index contributed by atoms with van der Waals surface area (Å²) in [5.74, 6) is 0.462. The van der Waals surface area contributed by atoms with Gasteiger partial charge in [-0.15, -0.1) is 0 Å². The average Bonchev–Trinajstić information content (AvgIpc) is 2.88. The van der Waals surface area contributed by atoms with E-state index in [1.54, 1.807) is 6.07 Å². The lowest BCUT2D eigenvalue weighted by atomic mass is 9.86. The summed E-state index contributed by atoms with van der Waals surface area (Å²) in [5, 5.41) is 4.56. The molecule has 116 valence electrons. The fraction of sp³-hybridized carbons (Fsp3) is 0.625. The van der Waals surface area contributed by atoms with Gasteiger partial charge < -0.3 is 10.1 Å². The first-order valence-corrected chi connectivity index (χ1v) is 8.22. The zero-order valence-corrected chi connectivity index (χ0v) is 13.5. The van der Waals surface area contributed by atoms with E-state index in [2.05, 4.69) is 5.32 Å². The van der Waals surface area contributed by atoms with Gasteiger partial charge in [-0.25, -0.2) is 4.39 Å². The topological polar surface area (TPSA) is 21.3 Å². The maximum Gasteiger partial charge on any atom is 0.203 e. The molecule has 1 heterocycles. The Bertz CT molecular complexity index is 513. The van der Waals surface area contributed by atoms with Crippen molar-refractivity contribution < 1.29 is 9.13 Å². The highest BCUT2D eigenvalue weighted by Crippen LogP contribution is 2.49. The van der Waals surface area contributed by atoms with E-state index in [1.807, 2.05) is 12.1 Å². The van der Waals surface area contributed by atoms with Crippen molar-refractivity contribution >= 4 is 23.2 Å². The molecule has 1 aromatic carbocycles. The molecule has 3 unspecified atom stereocenters. The number of hydrogen-bond acceptors (Lipinski definition) is 2. The highest BCUT2D eigenvalue weighted by molar-refractivity contribution is 6.42. The van der Waals surface area contributed by atoms with Gasteiger partial charge >= 0.3 is 0 Å². The van der Waals surface area contributed by atoms with Gasteiger partial charge in [0.1, 0.15) is 0 Å². The molecular weight excluding hydrogens is 312 g/mol. The number of alkyl halides is 1. The molecule has 0 amide bonds. The third kappa shape index (κ3) is 2.94. The van der Waals surface area contributed by atoms with E-state index in [0.717, 1.165) is 31.4 Å². The highest BCUT2D eigenvalue weighted by atomic mass is 35.5. The first-order chi connectivity index (χ1) is 10.1. The molecule has 2 nitrogen and oxygen atoms in total. The molecule has 1 saturated heterocycles. The zero-order chi connectivity index (χ0) is 15.0. The summed E-state index contributed by atoms with van der Waals surface area (Å²) in [6.45, 7) is 0.961. The van der Waals surface area contributed by atoms with Gasteiger partial charge in [-0.05, 0) is 55.3 Å². The fourth-order valence-corrected chi connectivity index (χ4v) is 4.34. The molecular formula is C16H20Cl2FNO. The molecule has 21 heavy (non-hydrogen) atoms. The summed E-state index contributed by atoms with van der Waals surface area (Å²) in [6, 6.07) is 5.83. The summed E-state index contributed by atoms with van der Waals surface area (Å²) in [5.41, 5.74) is 1.06. The largest absolute Gasteiger partial charge is 0.351 e. The molecule has 3 rings (SSSR count). The molecule has 5 atom stereocenters. The van der Waals surface area contributed by atoms with Crippen molar-refractivity contribution in [3.05, 3.63) is 33.8 Å². The maximum absolute atomic E-state index is 14.4. The summed E-state index contributed by atoms with van der Waals surface area (Å²) in [6.07, 6.45) is 2.03. The summed E-state index contributed by atoms with van der Waals surface area (Å²) >= 11 is 12.1. The molecule has 0 aromatic heterocycles. The van der Waals surface area contributed by atoms with Crippen LogP contribution in [0.2, 0.25) is 10.0 Å². The Morgan fingerprint density at radius 1 is 1.33 bits per heavy atom. The van der Waals surface area contributed by atoms with Crippen molar-refractivity contribution in [3.63, 3.8) is 0 Å². The van der Waals surface area contributed by atoms with Crippen LogP contribution in [-0.4, -0.2) is 26.1 Å². The minimum absolute atomic E-state index is 0.121. The molecule has 5 heteroatoms. The third-order valence-electron chi connectivity index (χ3n) is 4.98. The Kier molecular flexibility index (Phi) is 4.75. The number of hydrogen-bond donors (Lipinski definition) is 1. The second-order valence-electron chi connectivity index (χ2n) is 6.06. The molecule has 1 aliphatic heterocycles. The number of ether oxygens (including phenoxy) is 1. The predicted molar refractivity (Wildman–Crippen MR) is 83.7 cm³/mol. The number of halogens is 3. The van der Waals surface area contributed by atoms with Crippen molar-refractivity contribution in [1.29, 1.82) is 0 Å². The first kappa shape index (κ1) is 15.5. The van der Waals surface area contributed by atoms with E-state index in [1.165, 1.54) is 7.11 Å². The Hall–Kier alpha value is -0.350. The Morgan fingerprint density at radius 3 is 2.86 bits per heavy atom. The Morgan fingerprint density at radius 2 is 2.14 bits per heavy atom. The van der Waals surface area contributed by atoms with Gasteiger partial charge in [-0.1, -0.05) is 29.3 Å². The SMILES string of the molecule is COC(F)[C@H]1C2NCCCC2C[C@@H]1c1ccc(Cl)c(Cl)c1. The van der Waals surface area contributed by atoms with Crippen LogP contribution in [0.3, 0.4) is 0 Å². The lowest BCUT2D eigenvalue weighted by molar-refractivity contribution is -0.0623. The van der Waals surface area contributed by atoms with Crippen molar-refractivity contribution in [2.24, 2.45) is 11.8 Å². The number of piperidine rings is 1. The van der Waals surface area contributed by atoms with Gasteiger partial charge in [0.25, 0.3) is 0 Å². The van der Waals surface area contributed by atoms with Crippen LogP contribution in [0.4, 0.5) is 4.39 Å². The first-order valence-electron chi connectivity index (χ1n) is 7.47. The summed E-state index contributed by atoms with van der Waals surface area (Å²) in [7, 11) is 1.44. The van der Waals surface area contributed by atoms with Crippen LogP contribution in [-0.2, 0) is 4.74 Å². The average molecular weight is 332 g/mol. The second kappa shape index (κ2) is 6.41. The number of benzene rings is 1. The van der Waals surface area contributed by atoms with E-state index >= 15 is 0 Å². The minimum Gasteiger partial charge on any atom is -0.351 e. The van der Waals surface area contributed by atoms with Gasteiger partial charge in [0, 0.05) is 19.1 Å². The van der Waals surface area contributed by atoms with E-state index in [9.17, 15) is 4.39 Å². The van der Waals surface area contributed by atoms with E-state index < -0.39 is 6.36 Å². The minimum atomic E-state index is -1.26. The Balaban J connectivity index is 1.92. The quantitative estimate of drug-likeness (QED) is 0.885. The summed E-state index contributed by atoms with van der Waals surface area (Å²) < 4.78 is 19.4. The lowest BCUT2D eigenvalue weighted by Gasteiger charge is -2.32. The number of nitrogens with one attached hydrogen (secondary N) is 1. The Labute approximate surface area is 135 Å². The van der Waals surface area contributed by atoms with Gasteiger partial charge in [0.2, 0.25) is 6.36 Å². The van der Waals surface area contributed by atoms with Crippen LogP contribution in [0.15, 0.2) is 18.2 Å². The molecule has 1 aromatic rings. The van der Waals surface area contributed by atoms with Crippen molar-refractivity contribution in [2.45, 2.75) is 37.6 Å². The molecule has 1 N–H and O–H groups in total. The molecule has 0 radical (unpaired) electrons. The smallest absolute Gasteiger partial charge is 0.203 e. The summed E-state index contributed by atoms with van der Waals surface area (Å²) in [4.78, 5) is 0. The molecule has 2 fully saturated rings.